The molecule has 2 atom stereocenters. The first-order valence-corrected chi connectivity index (χ1v) is 7.77. The molecule has 1 fully saturated rings. The summed E-state index contributed by atoms with van der Waals surface area (Å²) in [4.78, 5) is 14.5. The minimum atomic E-state index is -0.517. The van der Waals surface area contributed by atoms with Gasteiger partial charge < -0.3 is 14.7 Å². The predicted octanol–water partition coefficient (Wildman–Crippen LogP) is 1.86. The third-order valence-corrected chi connectivity index (χ3v) is 4.22. The summed E-state index contributed by atoms with van der Waals surface area (Å²) in [6, 6.07) is 7.49. The van der Waals surface area contributed by atoms with Crippen LogP contribution in [0.1, 0.15) is 35.3 Å². The normalized spacial score (nSPS) is 20.7. The molecule has 1 aliphatic rings. The zero-order valence-corrected chi connectivity index (χ0v) is 13.3. The first-order valence-electron chi connectivity index (χ1n) is 7.77. The number of β-amino-alcohol motifs (C(OH)–C–C–N with tert-alkyl or cyclic N) is 1. The second-order valence-corrected chi connectivity index (χ2v) is 5.72. The lowest BCUT2D eigenvalue weighted by molar-refractivity contribution is 0.0715. The van der Waals surface area contributed by atoms with Gasteiger partial charge in [-0.3, -0.25) is 9.48 Å². The van der Waals surface area contributed by atoms with E-state index in [4.69, 9.17) is 4.74 Å². The third-order valence-electron chi connectivity index (χ3n) is 4.22. The fourth-order valence-electron chi connectivity index (χ4n) is 3.02. The zero-order valence-electron chi connectivity index (χ0n) is 13.3. The average molecular weight is 315 g/mol. The molecule has 0 unspecified atom stereocenters. The van der Waals surface area contributed by atoms with Gasteiger partial charge in [0.25, 0.3) is 5.91 Å². The predicted molar refractivity (Wildman–Crippen MR) is 85.3 cm³/mol. The van der Waals surface area contributed by atoms with Gasteiger partial charge in [0.05, 0.1) is 31.0 Å². The minimum Gasteiger partial charge on any atom is -0.497 e. The van der Waals surface area contributed by atoms with Crippen LogP contribution in [0.3, 0.4) is 0 Å². The van der Waals surface area contributed by atoms with E-state index in [1.807, 2.05) is 31.2 Å². The Kier molecular flexibility index (Phi) is 4.34. The van der Waals surface area contributed by atoms with E-state index in [0.717, 1.165) is 17.9 Å². The van der Waals surface area contributed by atoms with Crippen molar-refractivity contribution in [1.29, 1.82) is 0 Å². The number of carbonyl (C=O) groups excluding carboxylic acids is 1. The highest BCUT2D eigenvalue weighted by Gasteiger charge is 2.36. The summed E-state index contributed by atoms with van der Waals surface area (Å²) in [5.41, 5.74) is 1.52. The lowest BCUT2D eigenvalue weighted by atomic mass is 10.0. The average Bonchev–Trinajstić information content (AvgIpc) is 3.20. The Labute approximate surface area is 135 Å². The Balaban J connectivity index is 1.88. The maximum absolute atomic E-state index is 12.8. The van der Waals surface area contributed by atoms with Crippen LogP contribution in [0.5, 0.6) is 5.75 Å². The molecule has 23 heavy (non-hydrogen) atoms. The number of rotatable bonds is 4. The summed E-state index contributed by atoms with van der Waals surface area (Å²) < 4.78 is 6.98. The molecule has 2 heterocycles. The number of aryl methyl sites for hydroxylation is 1. The van der Waals surface area contributed by atoms with Crippen LogP contribution < -0.4 is 4.74 Å². The standard InChI is InChI=1S/C17H21N3O3/c1-3-19-10-13(9-18-19)17(22)20-11-14(21)8-16(20)12-5-4-6-15(7-12)23-2/h4-7,9-10,14,16,21H,3,8,11H2,1-2H3/t14-,16+/m1/s1. The van der Waals surface area contributed by atoms with Crippen LogP contribution in [0.25, 0.3) is 0 Å². The summed E-state index contributed by atoms with van der Waals surface area (Å²) in [6.07, 6.45) is 3.34. The van der Waals surface area contributed by atoms with Gasteiger partial charge in [-0.05, 0) is 31.0 Å². The van der Waals surface area contributed by atoms with E-state index in [9.17, 15) is 9.90 Å². The number of nitrogens with zero attached hydrogens (tertiary/aromatic N) is 3. The fourth-order valence-corrected chi connectivity index (χ4v) is 3.02. The van der Waals surface area contributed by atoms with E-state index in [1.165, 1.54) is 0 Å². The summed E-state index contributed by atoms with van der Waals surface area (Å²) in [7, 11) is 1.62. The van der Waals surface area contributed by atoms with Crippen molar-refractivity contribution in [2.75, 3.05) is 13.7 Å². The van der Waals surface area contributed by atoms with Crippen LogP contribution in [0.4, 0.5) is 0 Å². The Bertz CT molecular complexity index is 698. The van der Waals surface area contributed by atoms with E-state index in [0.29, 0.717) is 18.5 Å². The Morgan fingerprint density at radius 2 is 2.30 bits per heavy atom. The Morgan fingerprint density at radius 1 is 1.48 bits per heavy atom. The molecule has 6 heteroatoms. The maximum Gasteiger partial charge on any atom is 0.257 e. The highest BCUT2D eigenvalue weighted by Crippen LogP contribution is 2.34. The van der Waals surface area contributed by atoms with Gasteiger partial charge >= 0.3 is 0 Å². The van der Waals surface area contributed by atoms with Gasteiger partial charge in [-0.15, -0.1) is 0 Å². The summed E-state index contributed by atoms with van der Waals surface area (Å²) in [6.45, 7) is 3.02. The van der Waals surface area contributed by atoms with Crippen LogP contribution in [0, 0.1) is 0 Å². The number of hydrogen-bond donors (Lipinski definition) is 1. The van der Waals surface area contributed by atoms with Crippen LogP contribution in [0.2, 0.25) is 0 Å². The van der Waals surface area contributed by atoms with Crippen molar-refractivity contribution in [3.8, 4) is 5.75 Å². The van der Waals surface area contributed by atoms with Crippen LogP contribution in [0.15, 0.2) is 36.7 Å². The highest BCUT2D eigenvalue weighted by molar-refractivity contribution is 5.94. The molecule has 1 saturated heterocycles. The van der Waals surface area contributed by atoms with E-state index in [1.54, 1.807) is 29.1 Å². The number of amides is 1. The molecule has 122 valence electrons. The molecule has 0 spiro atoms. The Hall–Kier alpha value is -2.34. The molecule has 0 saturated carbocycles. The molecule has 6 nitrogen and oxygen atoms in total. The largest absolute Gasteiger partial charge is 0.497 e. The molecule has 1 amide bonds. The number of likely N-dealkylation sites (tertiary alicyclic amines) is 1. The number of hydrogen-bond acceptors (Lipinski definition) is 4. The number of aromatic nitrogens is 2. The van der Waals surface area contributed by atoms with Crippen molar-refractivity contribution < 1.29 is 14.6 Å². The number of aliphatic hydroxyl groups is 1. The lowest BCUT2D eigenvalue weighted by Gasteiger charge is -2.24. The number of aliphatic hydroxyl groups excluding tert-OH is 1. The first kappa shape index (κ1) is 15.6. The fraction of sp³-hybridized carbons (Fsp3) is 0.412. The summed E-state index contributed by atoms with van der Waals surface area (Å²) in [5, 5.41) is 14.2. The quantitative estimate of drug-likeness (QED) is 0.935. The second kappa shape index (κ2) is 6.42. The van der Waals surface area contributed by atoms with Gasteiger partial charge in [0.15, 0.2) is 0 Å². The van der Waals surface area contributed by atoms with Gasteiger partial charge in [0.2, 0.25) is 0 Å². The Morgan fingerprint density at radius 3 is 3.00 bits per heavy atom. The van der Waals surface area contributed by atoms with Crippen molar-refractivity contribution in [3.05, 3.63) is 47.8 Å². The third kappa shape index (κ3) is 3.07. The molecule has 1 aliphatic heterocycles. The smallest absolute Gasteiger partial charge is 0.257 e. The topological polar surface area (TPSA) is 67.6 Å². The monoisotopic (exact) mass is 315 g/mol. The zero-order chi connectivity index (χ0) is 16.4. The molecular weight excluding hydrogens is 294 g/mol. The number of benzene rings is 1. The molecule has 0 radical (unpaired) electrons. The molecular formula is C17H21N3O3. The highest BCUT2D eigenvalue weighted by atomic mass is 16.5. The molecule has 3 rings (SSSR count). The number of ether oxygens (including phenoxy) is 1. The molecule has 2 aromatic rings. The van der Waals surface area contributed by atoms with Crippen molar-refractivity contribution in [2.24, 2.45) is 0 Å². The molecule has 1 N–H and O–H groups in total. The van der Waals surface area contributed by atoms with E-state index >= 15 is 0 Å². The van der Waals surface area contributed by atoms with Gasteiger partial charge in [0.1, 0.15) is 5.75 Å². The lowest BCUT2D eigenvalue weighted by Crippen LogP contribution is -2.31. The number of methoxy groups -OCH3 is 1. The maximum atomic E-state index is 12.8. The summed E-state index contributed by atoms with van der Waals surface area (Å²) in [5.74, 6) is 0.643. The number of carbonyl (C=O) groups is 1. The SMILES string of the molecule is CCn1cc(C(=O)N2C[C@H](O)C[C@H]2c2cccc(OC)c2)cn1. The van der Waals surface area contributed by atoms with Crippen molar-refractivity contribution >= 4 is 5.91 Å². The molecule has 1 aromatic carbocycles. The van der Waals surface area contributed by atoms with Crippen molar-refractivity contribution in [3.63, 3.8) is 0 Å². The molecule has 0 bridgehead atoms. The molecule has 0 aliphatic carbocycles. The van der Waals surface area contributed by atoms with Crippen LogP contribution >= 0.6 is 0 Å². The van der Waals surface area contributed by atoms with Crippen LogP contribution in [-0.2, 0) is 6.54 Å². The van der Waals surface area contributed by atoms with Crippen molar-refractivity contribution in [2.45, 2.75) is 32.0 Å². The van der Waals surface area contributed by atoms with E-state index < -0.39 is 6.10 Å². The minimum absolute atomic E-state index is 0.103. The van der Waals surface area contributed by atoms with Gasteiger partial charge in [-0.2, -0.15) is 5.10 Å². The summed E-state index contributed by atoms with van der Waals surface area (Å²) >= 11 is 0. The molecule has 1 aromatic heterocycles. The second-order valence-electron chi connectivity index (χ2n) is 5.72. The van der Waals surface area contributed by atoms with Gasteiger partial charge in [-0.25, -0.2) is 0 Å². The van der Waals surface area contributed by atoms with Crippen molar-refractivity contribution in [1.82, 2.24) is 14.7 Å². The van der Waals surface area contributed by atoms with E-state index in [2.05, 4.69) is 5.10 Å². The van der Waals surface area contributed by atoms with Gasteiger partial charge in [-0.1, -0.05) is 12.1 Å². The van der Waals surface area contributed by atoms with E-state index in [-0.39, 0.29) is 11.9 Å². The first-order chi connectivity index (χ1) is 11.1. The van der Waals surface area contributed by atoms with Gasteiger partial charge in [0, 0.05) is 19.3 Å². The van der Waals surface area contributed by atoms with Crippen LogP contribution in [-0.4, -0.2) is 45.5 Å².